The molecule has 1 aliphatic heterocycles. The Bertz CT molecular complexity index is 976. The van der Waals surface area contributed by atoms with Crippen molar-refractivity contribution in [2.24, 2.45) is 0 Å². The summed E-state index contributed by atoms with van der Waals surface area (Å²) in [6.07, 6.45) is 2.12. The first-order valence-corrected chi connectivity index (χ1v) is 11.7. The van der Waals surface area contributed by atoms with E-state index in [4.69, 9.17) is 4.74 Å². The van der Waals surface area contributed by atoms with Gasteiger partial charge >= 0.3 is 0 Å². The highest BCUT2D eigenvalue weighted by Gasteiger charge is 2.29. The maximum Gasteiger partial charge on any atom is 0.230 e. The lowest BCUT2D eigenvalue weighted by Crippen LogP contribution is -2.36. The second-order valence-electron chi connectivity index (χ2n) is 6.50. The predicted octanol–water partition coefficient (Wildman–Crippen LogP) is 1.58. The number of benzene rings is 1. The number of hydrogen-bond donors (Lipinski definition) is 1. The molecule has 0 aliphatic carbocycles. The first-order valence-electron chi connectivity index (χ1n) is 8.90. The van der Waals surface area contributed by atoms with Gasteiger partial charge in [0, 0.05) is 12.6 Å². The van der Waals surface area contributed by atoms with Crippen LogP contribution in [0.15, 0.2) is 42.1 Å². The predicted molar refractivity (Wildman–Crippen MR) is 107 cm³/mol. The van der Waals surface area contributed by atoms with E-state index in [9.17, 15) is 17.6 Å². The summed E-state index contributed by atoms with van der Waals surface area (Å²) in [5.41, 5.74) is 0. The van der Waals surface area contributed by atoms with Crippen molar-refractivity contribution in [2.75, 3.05) is 17.3 Å². The van der Waals surface area contributed by atoms with Gasteiger partial charge in [-0.05, 0) is 30.7 Å². The van der Waals surface area contributed by atoms with E-state index in [1.54, 1.807) is 10.6 Å². The highest BCUT2D eigenvalue weighted by molar-refractivity contribution is 7.99. The minimum Gasteiger partial charge on any atom is -0.486 e. The molecule has 3 rings (SSSR count). The van der Waals surface area contributed by atoms with Crippen molar-refractivity contribution in [2.45, 2.75) is 30.8 Å². The largest absolute Gasteiger partial charge is 0.486 e. The van der Waals surface area contributed by atoms with Crippen LogP contribution in [0.4, 0.5) is 4.39 Å². The van der Waals surface area contributed by atoms with Crippen LogP contribution >= 0.6 is 11.8 Å². The number of amides is 1. The Hall–Kier alpha value is -2.40. The molecular weight excluding hydrogens is 419 g/mol. The summed E-state index contributed by atoms with van der Waals surface area (Å²) in [6, 6.07) is 5.32. The first-order chi connectivity index (χ1) is 13.9. The first kappa shape index (κ1) is 21.3. The molecule has 11 heteroatoms. The number of aromatic nitrogens is 3. The summed E-state index contributed by atoms with van der Waals surface area (Å²) in [6.45, 7) is 4.27. The fourth-order valence-electron chi connectivity index (χ4n) is 2.83. The van der Waals surface area contributed by atoms with Gasteiger partial charge in [0.2, 0.25) is 5.91 Å². The summed E-state index contributed by atoms with van der Waals surface area (Å²) in [5, 5.41) is 11.5. The third-order valence-corrected chi connectivity index (χ3v) is 6.95. The molecule has 0 saturated carbocycles. The minimum atomic E-state index is -3.04. The zero-order valence-corrected chi connectivity index (χ0v) is 17.2. The van der Waals surface area contributed by atoms with Gasteiger partial charge in [-0.2, -0.15) is 0 Å². The standard InChI is InChI=1S/C18H21FN4O4S2/c1-2-8-23-16(10-27-15-5-3-13(19)4-6-15)21-22-18(23)28-11-17(24)20-14-7-9-29(25,26)12-14/h2-6,14H,1,7-12H2,(H,20,24)/t14-/m0/s1. The van der Waals surface area contributed by atoms with Crippen LogP contribution in [0.1, 0.15) is 12.2 Å². The molecule has 1 N–H and O–H groups in total. The van der Waals surface area contributed by atoms with Crippen molar-refractivity contribution in [1.29, 1.82) is 0 Å². The van der Waals surface area contributed by atoms with E-state index in [2.05, 4.69) is 22.1 Å². The van der Waals surface area contributed by atoms with Crippen LogP contribution < -0.4 is 10.1 Å². The van der Waals surface area contributed by atoms with Crippen LogP contribution in [0.5, 0.6) is 5.75 Å². The average Bonchev–Trinajstić information content (AvgIpc) is 3.22. The molecule has 0 unspecified atom stereocenters. The van der Waals surface area contributed by atoms with Gasteiger partial charge in [0.1, 0.15) is 18.2 Å². The quantitative estimate of drug-likeness (QED) is 0.466. The number of halogens is 1. The second kappa shape index (κ2) is 9.40. The molecule has 1 amide bonds. The third kappa shape index (κ3) is 6.04. The van der Waals surface area contributed by atoms with Gasteiger partial charge in [-0.15, -0.1) is 16.8 Å². The van der Waals surface area contributed by atoms with Crippen LogP contribution in [0.3, 0.4) is 0 Å². The molecule has 0 spiro atoms. The van der Waals surface area contributed by atoms with Crippen LogP contribution in [-0.2, 0) is 27.8 Å². The maximum atomic E-state index is 13.0. The van der Waals surface area contributed by atoms with E-state index in [-0.39, 0.29) is 41.6 Å². The number of thioether (sulfide) groups is 1. The molecule has 1 atom stereocenters. The summed E-state index contributed by atoms with van der Waals surface area (Å²) < 4.78 is 43.3. The molecule has 0 radical (unpaired) electrons. The molecule has 29 heavy (non-hydrogen) atoms. The SMILES string of the molecule is C=CCn1c(COc2ccc(F)cc2)nnc1SCC(=O)N[C@H]1CCS(=O)(=O)C1. The number of nitrogens with one attached hydrogen (secondary N) is 1. The molecule has 1 aromatic heterocycles. The molecule has 156 valence electrons. The number of hydrogen-bond acceptors (Lipinski definition) is 7. The Morgan fingerprint density at radius 3 is 2.79 bits per heavy atom. The molecule has 1 saturated heterocycles. The monoisotopic (exact) mass is 440 g/mol. The number of sulfone groups is 1. The van der Waals surface area contributed by atoms with Crippen molar-refractivity contribution >= 4 is 27.5 Å². The Balaban J connectivity index is 1.57. The maximum absolute atomic E-state index is 13.0. The summed E-state index contributed by atoms with van der Waals surface area (Å²) in [5.74, 6) is 0.620. The molecule has 1 aliphatic rings. The minimum absolute atomic E-state index is 0.0130. The normalized spacial score (nSPS) is 17.8. The topological polar surface area (TPSA) is 103 Å². The van der Waals surface area contributed by atoms with Crippen molar-refractivity contribution < 1.29 is 22.3 Å². The highest BCUT2D eigenvalue weighted by atomic mass is 32.2. The summed E-state index contributed by atoms with van der Waals surface area (Å²) >= 11 is 1.20. The lowest BCUT2D eigenvalue weighted by atomic mass is 10.3. The summed E-state index contributed by atoms with van der Waals surface area (Å²) in [4.78, 5) is 12.1. The summed E-state index contributed by atoms with van der Waals surface area (Å²) in [7, 11) is -3.04. The third-order valence-electron chi connectivity index (χ3n) is 4.22. The van der Waals surface area contributed by atoms with E-state index in [0.29, 0.717) is 29.7 Å². The van der Waals surface area contributed by atoms with Crippen molar-refractivity contribution in [1.82, 2.24) is 20.1 Å². The van der Waals surface area contributed by atoms with E-state index in [0.717, 1.165) is 0 Å². The Labute approximate surface area is 172 Å². The zero-order chi connectivity index (χ0) is 20.9. The molecule has 2 aromatic rings. The van der Waals surface area contributed by atoms with Gasteiger partial charge in [0.25, 0.3) is 0 Å². The van der Waals surface area contributed by atoms with Crippen LogP contribution in [0, 0.1) is 5.82 Å². The number of allylic oxidation sites excluding steroid dienone is 1. The zero-order valence-electron chi connectivity index (χ0n) is 15.6. The molecule has 1 aromatic carbocycles. The van der Waals surface area contributed by atoms with Gasteiger partial charge in [-0.3, -0.25) is 9.36 Å². The number of carbonyl (C=O) groups excluding carboxylic acids is 1. The number of carbonyl (C=O) groups is 1. The Morgan fingerprint density at radius 1 is 1.38 bits per heavy atom. The molecule has 0 bridgehead atoms. The van der Waals surface area contributed by atoms with Gasteiger partial charge in [-0.25, -0.2) is 12.8 Å². The van der Waals surface area contributed by atoms with Gasteiger partial charge in [0.05, 0.1) is 17.3 Å². The van der Waals surface area contributed by atoms with Gasteiger partial charge in [-0.1, -0.05) is 17.8 Å². The van der Waals surface area contributed by atoms with E-state index < -0.39 is 9.84 Å². The van der Waals surface area contributed by atoms with Gasteiger partial charge in [0.15, 0.2) is 20.8 Å². The van der Waals surface area contributed by atoms with E-state index in [1.807, 2.05) is 0 Å². The number of ether oxygens (including phenoxy) is 1. The van der Waals surface area contributed by atoms with Gasteiger partial charge < -0.3 is 10.1 Å². The van der Waals surface area contributed by atoms with Crippen LogP contribution in [-0.4, -0.2) is 52.4 Å². The fourth-order valence-corrected chi connectivity index (χ4v) is 5.28. The average molecular weight is 441 g/mol. The van der Waals surface area contributed by atoms with Crippen molar-refractivity contribution in [3.63, 3.8) is 0 Å². The molecule has 1 fully saturated rings. The second-order valence-corrected chi connectivity index (χ2v) is 9.67. The van der Waals surface area contributed by atoms with Crippen LogP contribution in [0.2, 0.25) is 0 Å². The molecule has 8 nitrogen and oxygen atoms in total. The van der Waals surface area contributed by atoms with Crippen molar-refractivity contribution in [3.8, 4) is 5.75 Å². The number of rotatable bonds is 9. The molecular formula is C18H21FN4O4S2. The molecule has 2 heterocycles. The lowest BCUT2D eigenvalue weighted by molar-refractivity contribution is -0.119. The van der Waals surface area contributed by atoms with Crippen molar-refractivity contribution in [3.05, 3.63) is 48.6 Å². The smallest absolute Gasteiger partial charge is 0.230 e. The highest BCUT2D eigenvalue weighted by Crippen LogP contribution is 2.19. The van der Waals surface area contributed by atoms with E-state index >= 15 is 0 Å². The Kier molecular flexibility index (Phi) is 6.91. The van der Waals surface area contributed by atoms with Crippen LogP contribution in [0.25, 0.3) is 0 Å². The van der Waals surface area contributed by atoms with E-state index in [1.165, 1.54) is 36.0 Å². The Morgan fingerprint density at radius 2 is 2.14 bits per heavy atom. The number of nitrogens with zero attached hydrogens (tertiary/aromatic N) is 3. The fraction of sp³-hybridized carbons (Fsp3) is 0.389. The lowest BCUT2D eigenvalue weighted by Gasteiger charge is -2.11.